The minimum Gasteiger partial charge on any atom is -0.342 e. The summed E-state index contributed by atoms with van der Waals surface area (Å²) in [6.07, 6.45) is 0. The third-order valence-electron chi connectivity index (χ3n) is 3.50. The predicted octanol–water partition coefficient (Wildman–Crippen LogP) is 2.18. The number of nitrogens with one attached hydrogen (secondary N) is 1. The van der Waals surface area contributed by atoms with E-state index in [0.717, 1.165) is 16.8 Å². The van der Waals surface area contributed by atoms with E-state index in [1.165, 1.54) is 0 Å². The van der Waals surface area contributed by atoms with Crippen LogP contribution in [-0.4, -0.2) is 24.4 Å². The molecule has 1 atom stereocenters. The third-order valence-corrected chi connectivity index (χ3v) is 3.50. The minimum atomic E-state index is -0.482. The molecule has 1 aromatic rings. The number of piperazine rings is 1. The molecule has 0 aromatic heterocycles. The van der Waals surface area contributed by atoms with Crippen LogP contribution in [0.3, 0.4) is 0 Å². The zero-order valence-electron chi connectivity index (χ0n) is 12.8. The molecule has 1 fully saturated rings. The monoisotopic (exact) mass is 274 g/mol. The molecule has 0 bridgehead atoms. The van der Waals surface area contributed by atoms with Gasteiger partial charge in [0.1, 0.15) is 12.6 Å². The first kappa shape index (κ1) is 14.6. The second-order valence-electron chi connectivity index (χ2n) is 6.64. The van der Waals surface area contributed by atoms with E-state index in [1.54, 1.807) is 4.90 Å². The van der Waals surface area contributed by atoms with Gasteiger partial charge in [0.05, 0.1) is 0 Å². The van der Waals surface area contributed by atoms with E-state index in [1.807, 2.05) is 46.8 Å². The summed E-state index contributed by atoms with van der Waals surface area (Å²) in [4.78, 5) is 26.2. The molecule has 0 radical (unpaired) electrons. The highest BCUT2D eigenvalue weighted by molar-refractivity contribution is 6.07. The van der Waals surface area contributed by atoms with Crippen molar-refractivity contribution >= 4 is 17.5 Å². The fourth-order valence-corrected chi connectivity index (χ4v) is 2.56. The number of nitrogens with zero attached hydrogens (tertiary/aromatic N) is 1. The van der Waals surface area contributed by atoms with Gasteiger partial charge in [-0.25, -0.2) is 0 Å². The lowest BCUT2D eigenvalue weighted by atomic mass is 9.84. The highest BCUT2D eigenvalue weighted by atomic mass is 16.2. The summed E-state index contributed by atoms with van der Waals surface area (Å²) in [5.74, 6) is -0.147. The molecule has 1 unspecified atom stereocenters. The second-order valence-corrected chi connectivity index (χ2v) is 6.64. The summed E-state index contributed by atoms with van der Waals surface area (Å²) in [7, 11) is 0. The van der Waals surface area contributed by atoms with Gasteiger partial charge in [0.25, 0.3) is 5.91 Å². The first-order valence-corrected chi connectivity index (χ1v) is 6.87. The van der Waals surface area contributed by atoms with Gasteiger partial charge in [-0.15, -0.1) is 0 Å². The molecule has 20 heavy (non-hydrogen) atoms. The van der Waals surface area contributed by atoms with Crippen LogP contribution >= 0.6 is 0 Å². The topological polar surface area (TPSA) is 49.4 Å². The maximum absolute atomic E-state index is 12.7. The standard InChI is InChI=1S/C16H22N2O2/c1-10-6-11(2)8-12(7-10)18-9-13(19)17-14(15(18)20)16(3,4)5/h6-8,14H,9H2,1-5H3,(H,17,19). The van der Waals surface area contributed by atoms with Crippen LogP contribution < -0.4 is 10.2 Å². The molecular weight excluding hydrogens is 252 g/mol. The SMILES string of the molecule is Cc1cc(C)cc(N2CC(=O)NC(C(C)(C)C)C2=O)c1. The van der Waals surface area contributed by atoms with Crippen molar-refractivity contribution in [3.63, 3.8) is 0 Å². The molecule has 4 heteroatoms. The molecule has 1 aliphatic heterocycles. The normalized spacial score (nSPS) is 20.1. The maximum atomic E-state index is 12.7. The van der Waals surface area contributed by atoms with Gasteiger partial charge in [-0.2, -0.15) is 0 Å². The average Bonchev–Trinajstić information content (AvgIpc) is 2.29. The van der Waals surface area contributed by atoms with Crippen LogP contribution in [0.1, 0.15) is 31.9 Å². The summed E-state index contributed by atoms with van der Waals surface area (Å²) >= 11 is 0. The number of hydrogen-bond donors (Lipinski definition) is 1. The van der Waals surface area contributed by atoms with E-state index in [4.69, 9.17) is 0 Å². The summed E-state index contributed by atoms with van der Waals surface area (Å²) in [5, 5.41) is 2.80. The fourth-order valence-electron chi connectivity index (χ4n) is 2.56. The molecule has 1 N–H and O–H groups in total. The van der Waals surface area contributed by atoms with Crippen LogP contribution in [0.5, 0.6) is 0 Å². The number of anilines is 1. The van der Waals surface area contributed by atoms with E-state index < -0.39 is 6.04 Å². The highest BCUT2D eigenvalue weighted by Crippen LogP contribution is 2.27. The van der Waals surface area contributed by atoms with Crippen molar-refractivity contribution in [1.29, 1.82) is 0 Å². The van der Waals surface area contributed by atoms with Gasteiger partial charge in [0.15, 0.2) is 0 Å². The number of carbonyl (C=O) groups excluding carboxylic acids is 2. The molecule has 2 rings (SSSR count). The molecule has 1 aromatic carbocycles. The number of aryl methyl sites for hydroxylation is 2. The molecule has 4 nitrogen and oxygen atoms in total. The Morgan fingerprint density at radius 1 is 1.10 bits per heavy atom. The highest BCUT2D eigenvalue weighted by Gasteiger charge is 2.40. The van der Waals surface area contributed by atoms with Crippen molar-refractivity contribution < 1.29 is 9.59 Å². The van der Waals surface area contributed by atoms with Crippen molar-refractivity contribution in [3.05, 3.63) is 29.3 Å². The lowest BCUT2D eigenvalue weighted by Gasteiger charge is -2.39. The van der Waals surface area contributed by atoms with Crippen molar-refractivity contribution in [2.24, 2.45) is 5.41 Å². The van der Waals surface area contributed by atoms with Crippen LogP contribution in [0.4, 0.5) is 5.69 Å². The van der Waals surface area contributed by atoms with Gasteiger partial charge in [-0.3, -0.25) is 9.59 Å². The summed E-state index contributed by atoms with van der Waals surface area (Å²) in [6.45, 7) is 9.95. The summed E-state index contributed by atoms with van der Waals surface area (Å²) < 4.78 is 0. The van der Waals surface area contributed by atoms with Gasteiger partial charge in [0.2, 0.25) is 5.91 Å². The smallest absolute Gasteiger partial charge is 0.250 e. The minimum absolute atomic E-state index is 0.0397. The lowest BCUT2D eigenvalue weighted by molar-refractivity contribution is -0.133. The fraction of sp³-hybridized carbons (Fsp3) is 0.500. The molecule has 0 saturated carbocycles. The quantitative estimate of drug-likeness (QED) is 0.853. The van der Waals surface area contributed by atoms with E-state index >= 15 is 0 Å². The summed E-state index contributed by atoms with van der Waals surface area (Å²) in [5.41, 5.74) is 2.68. The molecule has 1 heterocycles. The Hall–Kier alpha value is -1.84. The van der Waals surface area contributed by atoms with Gasteiger partial charge in [0, 0.05) is 5.69 Å². The Labute approximate surface area is 120 Å². The molecular formula is C16H22N2O2. The Bertz CT molecular complexity index is 538. The van der Waals surface area contributed by atoms with Gasteiger partial charge in [-0.1, -0.05) is 26.8 Å². The van der Waals surface area contributed by atoms with Gasteiger partial charge >= 0.3 is 0 Å². The largest absolute Gasteiger partial charge is 0.342 e. The van der Waals surface area contributed by atoms with E-state index in [2.05, 4.69) is 11.4 Å². The maximum Gasteiger partial charge on any atom is 0.250 e. The van der Waals surface area contributed by atoms with Crippen LogP contribution in [-0.2, 0) is 9.59 Å². The lowest BCUT2D eigenvalue weighted by Crippen LogP contribution is -2.62. The Morgan fingerprint density at radius 2 is 1.65 bits per heavy atom. The van der Waals surface area contributed by atoms with E-state index in [9.17, 15) is 9.59 Å². The average molecular weight is 274 g/mol. The Balaban J connectivity index is 2.40. The predicted molar refractivity (Wildman–Crippen MR) is 79.7 cm³/mol. The number of rotatable bonds is 1. The third kappa shape index (κ3) is 2.84. The zero-order chi connectivity index (χ0) is 15.1. The van der Waals surface area contributed by atoms with E-state index in [-0.39, 0.29) is 23.8 Å². The first-order chi connectivity index (χ1) is 9.18. The molecule has 1 aliphatic rings. The molecule has 0 spiro atoms. The van der Waals surface area contributed by atoms with Crippen molar-refractivity contribution in [2.45, 2.75) is 40.7 Å². The van der Waals surface area contributed by atoms with Crippen molar-refractivity contribution in [2.75, 3.05) is 11.4 Å². The summed E-state index contributed by atoms with van der Waals surface area (Å²) in [6, 6.07) is 5.47. The molecule has 0 aliphatic carbocycles. The second kappa shape index (κ2) is 4.93. The molecule has 2 amide bonds. The number of hydrogen-bond acceptors (Lipinski definition) is 2. The number of amides is 2. The van der Waals surface area contributed by atoms with Crippen molar-refractivity contribution in [3.8, 4) is 0 Å². The van der Waals surface area contributed by atoms with Crippen LogP contribution in [0.25, 0.3) is 0 Å². The van der Waals surface area contributed by atoms with Crippen LogP contribution in [0.15, 0.2) is 18.2 Å². The van der Waals surface area contributed by atoms with Crippen LogP contribution in [0.2, 0.25) is 0 Å². The molecule has 108 valence electrons. The zero-order valence-corrected chi connectivity index (χ0v) is 12.8. The molecule has 1 saturated heterocycles. The van der Waals surface area contributed by atoms with Crippen molar-refractivity contribution in [1.82, 2.24) is 5.32 Å². The number of benzene rings is 1. The number of carbonyl (C=O) groups is 2. The Kier molecular flexibility index (Phi) is 3.59. The Morgan fingerprint density at radius 3 is 2.15 bits per heavy atom. The van der Waals surface area contributed by atoms with Gasteiger partial charge in [-0.05, 0) is 42.5 Å². The van der Waals surface area contributed by atoms with Crippen LogP contribution in [0, 0.1) is 19.3 Å². The van der Waals surface area contributed by atoms with E-state index in [0.29, 0.717) is 0 Å². The first-order valence-electron chi connectivity index (χ1n) is 6.87. The van der Waals surface area contributed by atoms with Gasteiger partial charge < -0.3 is 10.2 Å².